The molecule has 1 aliphatic heterocycles. The van der Waals surface area contributed by atoms with Crippen molar-refractivity contribution in [1.29, 1.82) is 0 Å². The van der Waals surface area contributed by atoms with Crippen molar-refractivity contribution in [3.05, 3.63) is 130 Å². The number of aliphatic hydroxyl groups excluding tert-OH is 1. The molecule has 270 valence electrons. The average Bonchev–Trinajstić information content (AvgIpc) is 3.63. The Balaban J connectivity index is 1.26. The fourth-order valence-corrected chi connectivity index (χ4v) is 8.89. The lowest BCUT2D eigenvalue weighted by molar-refractivity contribution is -0.0373. The fourth-order valence-electron chi connectivity index (χ4n) is 8.89. The Labute approximate surface area is 307 Å². The van der Waals surface area contributed by atoms with Gasteiger partial charge in [-0.25, -0.2) is 4.79 Å². The molecule has 1 N–H and O–H groups in total. The quantitative estimate of drug-likeness (QED) is 0.153. The molecule has 3 aliphatic carbocycles. The zero-order chi connectivity index (χ0) is 36.5. The third kappa shape index (κ3) is 6.74. The van der Waals surface area contributed by atoms with Crippen molar-refractivity contribution < 1.29 is 28.9 Å². The molecule has 1 amide bonds. The van der Waals surface area contributed by atoms with E-state index in [-0.39, 0.29) is 17.8 Å². The van der Waals surface area contributed by atoms with Gasteiger partial charge in [-0.3, -0.25) is 9.69 Å². The molecule has 4 atom stereocenters. The fraction of sp³-hybridized carbons (Fsp3) is 0.378. The highest BCUT2D eigenvalue weighted by Gasteiger charge is 2.64. The first-order chi connectivity index (χ1) is 25.1. The predicted octanol–water partition coefficient (Wildman–Crippen LogP) is 9.30. The monoisotopic (exact) mass is 699 g/mol. The number of ether oxygens (including phenoxy) is 3. The molecule has 4 aliphatic rings. The number of carbonyl (C=O) groups is 2. The van der Waals surface area contributed by atoms with E-state index < -0.39 is 17.1 Å². The molecule has 4 unspecified atom stereocenters. The number of ketones is 1. The topological polar surface area (TPSA) is 85.3 Å². The Morgan fingerprint density at radius 2 is 1.69 bits per heavy atom. The molecule has 7 heteroatoms. The molecule has 7 nitrogen and oxygen atoms in total. The van der Waals surface area contributed by atoms with E-state index in [4.69, 9.17) is 14.2 Å². The summed E-state index contributed by atoms with van der Waals surface area (Å²) in [5, 5.41) is 11.0. The molecule has 4 aromatic carbocycles. The van der Waals surface area contributed by atoms with Crippen LogP contribution in [0.25, 0.3) is 11.1 Å². The number of carbonyl (C=O) groups excluding carboxylic acids is 2. The summed E-state index contributed by atoms with van der Waals surface area (Å²) >= 11 is 0. The zero-order valence-electron chi connectivity index (χ0n) is 30.7. The summed E-state index contributed by atoms with van der Waals surface area (Å²) in [6.07, 6.45) is 6.45. The number of benzene rings is 4. The summed E-state index contributed by atoms with van der Waals surface area (Å²) in [5.74, 6) is 1.28. The minimum atomic E-state index is -0.736. The van der Waals surface area contributed by atoms with Crippen LogP contribution in [-0.2, 0) is 17.7 Å². The molecular weight excluding hydrogens is 650 g/mol. The lowest BCUT2D eigenvalue weighted by atomic mass is 9.64. The van der Waals surface area contributed by atoms with Gasteiger partial charge in [0, 0.05) is 28.2 Å². The Hall–Kier alpha value is -4.88. The van der Waals surface area contributed by atoms with Gasteiger partial charge in [0.2, 0.25) is 0 Å². The number of methoxy groups -OCH3 is 2. The van der Waals surface area contributed by atoms with Crippen LogP contribution in [0.2, 0.25) is 0 Å². The summed E-state index contributed by atoms with van der Waals surface area (Å²) < 4.78 is 17.6. The van der Waals surface area contributed by atoms with Gasteiger partial charge in [0.15, 0.2) is 5.78 Å². The summed E-state index contributed by atoms with van der Waals surface area (Å²) in [5.41, 5.74) is 6.31. The van der Waals surface area contributed by atoms with Crippen LogP contribution in [0.4, 0.5) is 4.79 Å². The predicted molar refractivity (Wildman–Crippen MR) is 203 cm³/mol. The van der Waals surface area contributed by atoms with Crippen LogP contribution < -0.4 is 9.47 Å². The molecule has 1 spiro atoms. The standard InChI is InChI=1S/C45H49NO6/c1-30-9-8-23-44(2)40(22-24-45(44)29-46(43(49)52-45)28-35-18-20-37(50-3)27-41(35)51-4)38-21-13-31(25-36(47)19-12-30)26-39(38)42(48)34-16-14-33(15-17-34)32-10-6-5-7-11-32/h5-7,9-11,13-18,20-21,26-27,36,40,47H,8,12,19,22-25,28-29H2,1-4H3. The van der Waals surface area contributed by atoms with Crippen LogP contribution in [0, 0.1) is 5.41 Å². The van der Waals surface area contributed by atoms with Crippen LogP contribution >= 0.6 is 0 Å². The molecule has 1 saturated carbocycles. The number of rotatable bonds is 7. The normalized spacial score (nSPS) is 24.6. The van der Waals surface area contributed by atoms with Gasteiger partial charge in [-0.15, -0.1) is 0 Å². The minimum Gasteiger partial charge on any atom is -0.497 e. The van der Waals surface area contributed by atoms with Crippen molar-refractivity contribution in [2.24, 2.45) is 5.41 Å². The third-order valence-electron chi connectivity index (χ3n) is 12.0. The van der Waals surface area contributed by atoms with Gasteiger partial charge in [-0.1, -0.05) is 85.3 Å². The van der Waals surface area contributed by atoms with E-state index >= 15 is 0 Å². The first kappa shape index (κ1) is 35.5. The average molecular weight is 700 g/mol. The Morgan fingerprint density at radius 3 is 2.44 bits per heavy atom. The molecule has 8 rings (SSSR count). The van der Waals surface area contributed by atoms with Gasteiger partial charge < -0.3 is 19.3 Å². The van der Waals surface area contributed by atoms with Crippen molar-refractivity contribution in [2.75, 3.05) is 20.8 Å². The SMILES string of the molecule is COc1ccc(CN2CC3(CCC4c5ccc(cc5C(=O)c5ccc(-c6ccccc6)cc5)CC(O)CCC(C)=CCCC43C)OC2=O)c(OC)c1. The van der Waals surface area contributed by atoms with E-state index in [1.165, 1.54) is 5.57 Å². The van der Waals surface area contributed by atoms with E-state index in [0.29, 0.717) is 55.0 Å². The number of hydrogen-bond donors (Lipinski definition) is 1. The molecular formula is C45H49NO6. The maximum atomic E-state index is 14.6. The van der Waals surface area contributed by atoms with Gasteiger partial charge in [0.1, 0.15) is 17.1 Å². The highest BCUT2D eigenvalue weighted by atomic mass is 16.6. The molecule has 52 heavy (non-hydrogen) atoms. The summed E-state index contributed by atoms with van der Waals surface area (Å²) in [6.45, 7) is 5.21. The van der Waals surface area contributed by atoms with E-state index in [0.717, 1.165) is 53.5 Å². The van der Waals surface area contributed by atoms with Crippen LogP contribution in [0.3, 0.4) is 0 Å². The highest BCUT2D eigenvalue weighted by molar-refractivity contribution is 6.10. The summed E-state index contributed by atoms with van der Waals surface area (Å²) in [4.78, 5) is 30.2. The molecule has 2 fully saturated rings. The second kappa shape index (κ2) is 14.6. The van der Waals surface area contributed by atoms with E-state index in [1.54, 1.807) is 19.1 Å². The zero-order valence-corrected chi connectivity index (χ0v) is 30.7. The number of aliphatic hydroxyl groups is 1. The molecule has 1 heterocycles. The lowest BCUT2D eigenvalue weighted by Crippen LogP contribution is -2.48. The smallest absolute Gasteiger partial charge is 0.410 e. The number of fused-ring (bicyclic) bond motifs is 8. The third-order valence-corrected chi connectivity index (χ3v) is 12.0. The van der Waals surface area contributed by atoms with E-state index in [2.05, 4.69) is 44.2 Å². The maximum absolute atomic E-state index is 14.6. The number of amides is 1. The van der Waals surface area contributed by atoms with Crippen molar-refractivity contribution in [2.45, 2.75) is 83.0 Å². The second-order valence-electron chi connectivity index (χ2n) is 15.1. The minimum absolute atomic E-state index is 0.0334. The van der Waals surface area contributed by atoms with Crippen LogP contribution in [-0.4, -0.2) is 54.4 Å². The van der Waals surface area contributed by atoms with Gasteiger partial charge in [-0.05, 0) is 98.2 Å². The summed E-state index contributed by atoms with van der Waals surface area (Å²) in [6, 6.07) is 29.9. The van der Waals surface area contributed by atoms with Crippen molar-refractivity contribution in [3.8, 4) is 22.6 Å². The Morgan fingerprint density at radius 1 is 0.923 bits per heavy atom. The number of hydrogen-bond acceptors (Lipinski definition) is 6. The Kier molecular flexibility index (Phi) is 9.99. The van der Waals surface area contributed by atoms with Crippen LogP contribution in [0.1, 0.15) is 90.9 Å². The van der Waals surface area contributed by atoms with Gasteiger partial charge in [0.05, 0.1) is 33.4 Å². The largest absolute Gasteiger partial charge is 0.497 e. The van der Waals surface area contributed by atoms with E-state index in [1.807, 2.05) is 66.7 Å². The van der Waals surface area contributed by atoms with Gasteiger partial charge >= 0.3 is 6.09 Å². The number of allylic oxidation sites excluding steroid dienone is 2. The van der Waals surface area contributed by atoms with Gasteiger partial charge in [-0.2, -0.15) is 0 Å². The molecule has 1 saturated heterocycles. The molecule has 0 aromatic heterocycles. The van der Waals surface area contributed by atoms with Crippen molar-refractivity contribution in [3.63, 3.8) is 0 Å². The Bertz CT molecular complexity index is 1970. The first-order valence-electron chi connectivity index (χ1n) is 18.5. The van der Waals surface area contributed by atoms with Crippen LogP contribution in [0.15, 0.2) is 103 Å². The first-order valence-corrected chi connectivity index (χ1v) is 18.5. The van der Waals surface area contributed by atoms with Crippen molar-refractivity contribution in [1.82, 2.24) is 4.90 Å². The maximum Gasteiger partial charge on any atom is 0.410 e. The van der Waals surface area contributed by atoms with Gasteiger partial charge in [0.25, 0.3) is 0 Å². The molecule has 4 aromatic rings. The molecule has 0 radical (unpaired) electrons. The van der Waals surface area contributed by atoms with Crippen molar-refractivity contribution >= 4 is 11.9 Å². The molecule has 2 bridgehead atoms. The summed E-state index contributed by atoms with van der Waals surface area (Å²) in [7, 11) is 3.24. The lowest BCUT2D eigenvalue weighted by Gasteiger charge is -2.43. The van der Waals surface area contributed by atoms with Crippen LogP contribution in [0.5, 0.6) is 11.5 Å². The van der Waals surface area contributed by atoms with E-state index in [9.17, 15) is 14.7 Å². The number of nitrogens with zero attached hydrogens (tertiary/aromatic N) is 1. The second-order valence-corrected chi connectivity index (χ2v) is 15.1. The highest BCUT2D eigenvalue weighted by Crippen LogP contribution is 2.62.